The Bertz CT molecular complexity index is 436. The van der Waals surface area contributed by atoms with Crippen LogP contribution in [-0.2, 0) is 4.79 Å². The standard InChI is InChI=1S/C17H26N2O2/c1-19(17(20)14-7-5-8-15(18)13-14)11-6-12-21-16-9-3-2-4-10-16/h2-4,9-10,14-15H,5-8,11-13,18H2,1H3. The number of ether oxygens (including phenoxy) is 1. The first-order chi connectivity index (χ1) is 10.2. The molecule has 2 N–H and O–H groups in total. The van der Waals surface area contributed by atoms with Crippen molar-refractivity contribution in [2.24, 2.45) is 11.7 Å². The van der Waals surface area contributed by atoms with Crippen LogP contribution in [0.5, 0.6) is 5.75 Å². The van der Waals surface area contributed by atoms with Crippen LogP contribution in [-0.4, -0.2) is 37.0 Å². The summed E-state index contributed by atoms with van der Waals surface area (Å²) in [5.41, 5.74) is 5.96. The molecule has 4 heteroatoms. The minimum absolute atomic E-state index is 0.119. The first-order valence-electron chi connectivity index (χ1n) is 7.85. The van der Waals surface area contributed by atoms with Crippen molar-refractivity contribution in [1.82, 2.24) is 4.90 Å². The average molecular weight is 290 g/mol. The van der Waals surface area contributed by atoms with Gasteiger partial charge in [0.2, 0.25) is 5.91 Å². The highest BCUT2D eigenvalue weighted by molar-refractivity contribution is 5.78. The van der Waals surface area contributed by atoms with E-state index in [4.69, 9.17) is 10.5 Å². The molecule has 0 aliphatic heterocycles. The second kappa shape index (κ2) is 8.03. The summed E-state index contributed by atoms with van der Waals surface area (Å²) in [5.74, 6) is 1.24. The van der Waals surface area contributed by atoms with Gasteiger partial charge in [-0.1, -0.05) is 24.6 Å². The zero-order valence-electron chi connectivity index (χ0n) is 12.8. The van der Waals surface area contributed by atoms with Crippen LogP contribution in [0.1, 0.15) is 32.1 Å². The third kappa shape index (κ3) is 5.05. The van der Waals surface area contributed by atoms with Crippen LogP contribution in [0, 0.1) is 5.92 Å². The van der Waals surface area contributed by atoms with Gasteiger partial charge < -0.3 is 15.4 Å². The van der Waals surface area contributed by atoms with Crippen LogP contribution in [0.4, 0.5) is 0 Å². The van der Waals surface area contributed by atoms with Gasteiger partial charge in [0.1, 0.15) is 5.75 Å². The SMILES string of the molecule is CN(CCCOc1ccccc1)C(=O)C1CCCC(N)C1. The molecule has 1 amide bonds. The molecule has 1 saturated carbocycles. The summed E-state index contributed by atoms with van der Waals surface area (Å²) in [7, 11) is 1.88. The molecule has 2 rings (SSSR count). The number of rotatable bonds is 6. The van der Waals surface area contributed by atoms with E-state index < -0.39 is 0 Å². The lowest BCUT2D eigenvalue weighted by Gasteiger charge is -2.29. The van der Waals surface area contributed by atoms with Gasteiger partial charge in [0.05, 0.1) is 6.61 Å². The van der Waals surface area contributed by atoms with Crippen molar-refractivity contribution in [2.45, 2.75) is 38.1 Å². The Labute approximate surface area is 127 Å². The predicted octanol–water partition coefficient (Wildman–Crippen LogP) is 2.43. The van der Waals surface area contributed by atoms with Gasteiger partial charge in [0.25, 0.3) is 0 Å². The fourth-order valence-corrected chi connectivity index (χ4v) is 2.88. The smallest absolute Gasteiger partial charge is 0.225 e. The van der Waals surface area contributed by atoms with Gasteiger partial charge >= 0.3 is 0 Å². The van der Waals surface area contributed by atoms with E-state index in [9.17, 15) is 4.79 Å². The monoisotopic (exact) mass is 290 g/mol. The number of amides is 1. The van der Waals surface area contributed by atoms with Crippen LogP contribution in [0.15, 0.2) is 30.3 Å². The van der Waals surface area contributed by atoms with E-state index in [0.717, 1.165) is 44.4 Å². The van der Waals surface area contributed by atoms with Crippen molar-refractivity contribution >= 4 is 5.91 Å². The minimum Gasteiger partial charge on any atom is -0.494 e. The number of nitrogens with zero attached hydrogens (tertiary/aromatic N) is 1. The normalized spacial score (nSPS) is 21.8. The Hall–Kier alpha value is -1.55. The second-order valence-electron chi connectivity index (χ2n) is 5.90. The summed E-state index contributed by atoms with van der Waals surface area (Å²) < 4.78 is 5.64. The number of para-hydroxylation sites is 1. The third-order valence-corrected chi connectivity index (χ3v) is 4.09. The molecule has 0 bridgehead atoms. The average Bonchev–Trinajstić information content (AvgIpc) is 2.51. The summed E-state index contributed by atoms with van der Waals surface area (Å²) in [5, 5.41) is 0. The first kappa shape index (κ1) is 15.8. The van der Waals surface area contributed by atoms with Gasteiger partial charge in [-0.2, -0.15) is 0 Å². The van der Waals surface area contributed by atoms with E-state index in [-0.39, 0.29) is 17.9 Å². The Kier molecular flexibility index (Phi) is 6.05. The highest BCUT2D eigenvalue weighted by Gasteiger charge is 2.27. The highest BCUT2D eigenvalue weighted by atomic mass is 16.5. The Morgan fingerprint density at radius 2 is 2.10 bits per heavy atom. The van der Waals surface area contributed by atoms with E-state index in [0.29, 0.717) is 6.61 Å². The van der Waals surface area contributed by atoms with Gasteiger partial charge in [-0.15, -0.1) is 0 Å². The van der Waals surface area contributed by atoms with Crippen molar-refractivity contribution in [3.63, 3.8) is 0 Å². The van der Waals surface area contributed by atoms with Crippen LogP contribution < -0.4 is 10.5 Å². The van der Waals surface area contributed by atoms with Crippen LogP contribution >= 0.6 is 0 Å². The quantitative estimate of drug-likeness (QED) is 0.819. The zero-order chi connectivity index (χ0) is 15.1. The number of benzene rings is 1. The molecule has 116 valence electrons. The van der Waals surface area contributed by atoms with Crippen molar-refractivity contribution in [1.29, 1.82) is 0 Å². The summed E-state index contributed by atoms with van der Waals surface area (Å²) >= 11 is 0. The van der Waals surface area contributed by atoms with E-state index in [2.05, 4.69) is 0 Å². The van der Waals surface area contributed by atoms with Crippen molar-refractivity contribution in [2.75, 3.05) is 20.2 Å². The lowest BCUT2D eigenvalue weighted by molar-refractivity contribution is -0.135. The van der Waals surface area contributed by atoms with Crippen LogP contribution in [0.3, 0.4) is 0 Å². The largest absolute Gasteiger partial charge is 0.494 e. The van der Waals surface area contributed by atoms with Gasteiger partial charge in [-0.3, -0.25) is 4.79 Å². The minimum atomic E-state index is 0.119. The Morgan fingerprint density at radius 3 is 2.81 bits per heavy atom. The van der Waals surface area contributed by atoms with E-state index in [1.165, 1.54) is 0 Å². The third-order valence-electron chi connectivity index (χ3n) is 4.09. The molecule has 0 aromatic heterocycles. The molecule has 0 heterocycles. The zero-order valence-corrected chi connectivity index (χ0v) is 12.8. The number of carbonyl (C=O) groups excluding carboxylic acids is 1. The molecule has 1 aromatic rings. The van der Waals surface area contributed by atoms with Crippen LogP contribution in [0.25, 0.3) is 0 Å². The number of hydrogen-bond acceptors (Lipinski definition) is 3. The number of nitrogens with two attached hydrogens (primary N) is 1. The van der Waals surface area contributed by atoms with Crippen LogP contribution in [0.2, 0.25) is 0 Å². The molecule has 0 radical (unpaired) electrons. The summed E-state index contributed by atoms with van der Waals surface area (Å²) in [6.45, 7) is 1.36. The predicted molar refractivity (Wildman–Crippen MR) is 84.1 cm³/mol. The lowest BCUT2D eigenvalue weighted by Crippen LogP contribution is -2.39. The highest BCUT2D eigenvalue weighted by Crippen LogP contribution is 2.24. The fourth-order valence-electron chi connectivity index (χ4n) is 2.88. The maximum Gasteiger partial charge on any atom is 0.225 e. The Balaban J connectivity index is 1.66. The molecule has 2 atom stereocenters. The molecule has 4 nitrogen and oxygen atoms in total. The van der Waals surface area contributed by atoms with Gasteiger partial charge in [-0.05, 0) is 37.8 Å². The lowest BCUT2D eigenvalue weighted by atomic mass is 9.85. The number of hydrogen-bond donors (Lipinski definition) is 1. The summed E-state index contributed by atoms with van der Waals surface area (Å²) in [6.07, 6.45) is 4.79. The van der Waals surface area contributed by atoms with Gasteiger partial charge in [-0.25, -0.2) is 0 Å². The fraction of sp³-hybridized carbons (Fsp3) is 0.588. The Morgan fingerprint density at radius 1 is 1.33 bits per heavy atom. The molecule has 0 saturated heterocycles. The number of carbonyl (C=O) groups is 1. The molecule has 1 aliphatic rings. The maximum atomic E-state index is 12.3. The topological polar surface area (TPSA) is 55.6 Å². The van der Waals surface area contributed by atoms with E-state index in [1.54, 1.807) is 0 Å². The molecule has 1 aromatic carbocycles. The van der Waals surface area contributed by atoms with Crippen molar-refractivity contribution < 1.29 is 9.53 Å². The van der Waals surface area contributed by atoms with Gasteiger partial charge in [0.15, 0.2) is 0 Å². The molecular formula is C17H26N2O2. The van der Waals surface area contributed by atoms with E-state index in [1.807, 2.05) is 42.3 Å². The molecule has 1 fully saturated rings. The second-order valence-corrected chi connectivity index (χ2v) is 5.90. The maximum absolute atomic E-state index is 12.3. The molecule has 0 spiro atoms. The molecule has 1 aliphatic carbocycles. The summed E-state index contributed by atoms with van der Waals surface area (Å²) in [4.78, 5) is 14.2. The van der Waals surface area contributed by atoms with Crippen molar-refractivity contribution in [3.05, 3.63) is 30.3 Å². The summed E-state index contributed by atoms with van der Waals surface area (Å²) in [6, 6.07) is 9.96. The van der Waals surface area contributed by atoms with Crippen molar-refractivity contribution in [3.8, 4) is 5.75 Å². The first-order valence-corrected chi connectivity index (χ1v) is 7.85. The van der Waals surface area contributed by atoms with E-state index >= 15 is 0 Å². The molecule has 2 unspecified atom stereocenters. The van der Waals surface area contributed by atoms with Gasteiger partial charge in [0, 0.05) is 25.6 Å². The molecule has 21 heavy (non-hydrogen) atoms. The molecular weight excluding hydrogens is 264 g/mol.